The number of benzene rings is 1. The van der Waals surface area contributed by atoms with Crippen LogP contribution in [0.25, 0.3) is 33.3 Å². The van der Waals surface area contributed by atoms with Crippen molar-refractivity contribution in [3.05, 3.63) is 81.5 Å². The molecule has 5 rings (SSSR count). The standard InChI is InChI=1S/C19H10Cl2N4O/c20-14-9-11(10-22-17(14)21)25-18-16(23-15-7-3-4-8-24(15)18)12-5-1-2-6-13(12)19(25)26/h1-10H. The molecule has 0 aliphatic heterocycles. The highest BCUT2D eigenvalue weighted by Gasteiger charge is 2.18. The Morgan fingerprint density at radius 3 is 2.54 bits per heavy atom. The van der Waals surface area contributed by atoms with E-state index in [1.54, 1.807) is 16.7 Å². The van der Waals surface area contributed by atoms with Gasteiger partial charge in [0, 0.05) is 17.0 Å². The smallest absolute Gasteiger partial charge is 0.264 e. The number of halogens is 2. The van der Waals surface area contributed by atoms with E-state index in [2.05, 4.69) is 4.98 Å². The third kappa shape index (κ3) is 2.08. The van der Waals surface area contributed by atoms with Gasteiger partial charge in [-0.2, -0.15) is 0 Å². The molecule has 7 heteroatoms. The van der Waals surface area contributed by atoms with Crippen LogP contribution in [0.1, 0.15) is 0 Å². The van der Waals surface area contributed by atoms with Gasteiger partial charge >= 0.3 is 0 Å². The molecule has 0 aliphatic rings. The molecule has 0 fully saturated rings. The number of pyridine rings is 3. The van der Waals surface area contributed by atoms with Gasteiger partial charge in [0.15, 0.2) is 5.65 Å². The van der Waals surface area contributed by atoms with E-state index in [4.69, 9.17) is 28.2 Å². The number of hydrogen-bond acceptors (Lipinski definition) is 3. The van der Waals surface area contributed by atoms with E-state index < -0.39 is 0 Å². The Hall–Kier alpha value is -2.89. The quantitative estimate of drug-likeness (QED) is 0.402. The highest BCUT2D eigenvalue weighted by atomic mass is 35.5. The highest BCUT2D eigenvalue weighted by molar-refractivity contribution is 6.41. The fourth-order valence-corrected chi connectivity index (χ4v) is 3.51. The molecule has 0 spiro atoms. The molecule has 126 valence electrons. The minimum atomic E-state index is -0.168. The van der Waals surface area contributed by atoms with Crippen molar-refractivity contribution in [1.29, 1.82) is 0 Å². The summed E-state index contributed by atoms with van der Waals surface area (Å²) in [4.78, 5) is 22.1. The Kier molecular flexibility index (Phi) is 3.29. The van der Waals surface area contributed by atoms with Crippen LogP contribution in [0.4, 0.5) is 0 Å². The number of aromatic nitrogens is 4. The monoisotopic (exact) mass is 380 g/mol. The van der Waals surface area contributed by atoms with Gasteiger partial charge < -0.3 is 0 Å². The minimum Gasteiger partial charge on any atom is -0.285 e. The maximum atomic E-state index is 13.3. The summed E-state index contributed by atoms with van der Waals surface area (Å²) in [5, 5.41) is 1.86. The number of rotatable bonds is 1. The van der Waals surface area contributed by atoms with Gasteiger partial charge in [-0.05, 0) is 24.3 Å². The first kappa shape index (κ1) is 15.4. The summed E-state index contributed by atoms with van der Waals surface area (Å²) in [5.41, 5.74) is 2.51. The van der Waals surface area contributed by atoms with Gasteiger partial charge in [-0.1, -0.05) is 47.5 Å². The molecule has 0 saturated heterocycles. The summed E-state index contributed by atoms with van der Waals surface area (Å²) in [6, 6.07) is 14.8. The maximum absolute atomic E-state index is 13.3. The van der Waals surface area contributed by atoms with E-state index in [1.807, 2.05) is 47.0 Å². The Morgan fingerprint density at radius 2 is 1.73 bits per heavy atom. The Bertz CT molecular complexity index is 1390. The molecule has 0 aliphatic carbocycles. The van der Waals surface area contributed by atoms with Crippen molar-refractivity contribution >= 4 is 50.8 Å². The van der Waals surface area contributed by atoms with E-state index in [0.29, 0.717) is 16.7 Å². The molecule has 0 amide bonds. The lowest BCUT2D eigenvalue weighted by molar-refractivity contribution is 1.00. The van der Waals surface area contributed by atoms with Crippen LogP contribution in [-0.4, -0.2) is 18.9 Å². The van der Waals surface area contributed by atoms with Gasteiger partial charge in [0.25, 0.3) is 5.56 Å². The number of nitrogens with zero attached hydrogens (tertiary/aromatic N) is 4. The van der Waals surface area contributed by atoms with Gasteiger partial charge in [-0.3, -0.25) is 13.8 Å². The molecule has 0 N–H and O–H groups in total. The summed E-state index contributed by atoms with van der Waals surface area (Å²) in [5.74, 6) is 0. The normalized spacial score (nSPS) is 11.6. The van der Waals surface area contributed by atoms with Crippen LogP contribution in [-0.2, 0) is 0 Å². The van der Waals surface area contributed by atoms with Crippen molar-refractivity contribution in [2.45, 2.75) is 0 Å². The molecule has 0 saturated carbocycles. The van der Waals surface area contributed by atoms with E-state index in [-0.39, 0.29) is 15.7 Å². The second-order valence-corrected chi connectivity index (χ2v) is 6.63. The molecule has 0 bridgehead atoms. The maximum Gasteiger partial charge on any atom is 0.264 e. The minimum absolute atomic E-state index is 0.168. The second kappa shape index (κ2) is 5.56. The van der Waals surface area contributed by atoms with Crippen LogP contribution in [0, 0.1) is 0 Å². The molecular formula is C19H10Cl2N4O. The van der Waals surface area contributed by atoms with E-state index in [9.17, 15) is 4.79 Å². The van der Waals surface area contributed by atoms with Crippen LogP contribution in [0.2, 0.25) is 10.2 Å². The molecule has 5 nitrogen and oxygen atoms in total. The summed E-state index contributed by atoms with van der Waals surface area (Å²) in [6.07, 6.45) is 3.41. The molecule has 0 atom stereocenters. The Morgan fingerprint density at radius 1 is 0.962 bits per heavy atom. The zero-order chi connectivity index (χ0) is 17.8. The fourth-order valence-electron chi connectivity index (χ4n) is 3.24. The topological polar surface area (TPSA) is 52.2 Å². The van der Waals surface area contributed by atoms with Crippen LogP contribution in [0.15, 0.2) is 65.7 Å². The summed E-state index contributed by atoms with van der Waals surface area (Å²) in [7, 11) is 0. The van der Waals surface area contributed by atoms with Crippen LogP contribution < -0.4 is 5.56 Å². The van der Waals surface area contributed by atoms with Gasteiger partial charge in [0.1, 0.15) is 16.3 Å². The largest absolute Gasteiger partial charge is 0.285 e. The lowest BCUT2D eigenvalue weighted by Gasteiger charge is -2.11. The first-order valence-electron chi connectivity index (χ1n) is 7.87. The zero-order valence-corrected chi connectivity index (χ0v) is 14.7. The third-order valence-corrected chi connectivity index (χ3v) is 5.06. The summed E-state index contributed by atoms with van der Waals surface area (Å²) in [6.45, 7) is 0. The zero-order valence-electron chi connectivity index (χ0n) is 13.2. The van der Waals surface area contributed by atoms with Crippen molar-refractivity contribution in [2.75, 3.05) is 0 Å². The van der Waals surface area contributed by atoms with E-state index >= 15 is 0 Å². The van der Waals surface area contributed by atoms with Gasteiger partial charge in [0.2, 0.25) is 0 Å². The van der Waals surface area contributed by atoms with Crippen molar-refractivity contribution in [1.82, 2.24) is 18.9 Å². The Labute approximate surface area is 157 Å². The van der Waals surface area contributed by atoms with Crippen LogP contribution in [0.5, 0.6) is 0 Å². The molecule has 4 heterocycles. The lowest BCUT2D eigenvalue weighted by Crippen LogP contribution is -2.20. The number of hydrogen-bond donors (Lipinski definition) is 0. The van der Waals surface area contributed by atoms with Crippen molar-refractivity contribution in [3.8, 4) is 5.69 Å². The predicted octanol–water partition coefficient (Wildman–Crippen LogP) is 4.49. The van der Waals surface area contributed by atoms with Gasteiger partial charge in [-0.15, -0.1) is 0 Å². The van der Waals surface area contributed by atoms with Crippen LogP contribution >= 0.6 is 23.2 Å². The summed E-state index contributed by atoms with van der Waals surface area (Å²) < 4.78 is 3.46. The van der Waals surface area contributed by atoms with Gasteiger partial charge in [-0.25, -0.2) is 9.97 Å². The second-order valence-electron chi connectivity index (χ2n) is 5.87. The number of fused-ring (bicyclic) bond motifs is 5. The molecule has 26 heavy (non-hydrogen) atoms. The van der Waals surface area contributed by atoms with Crippen molar-refractivity contribution in [3.63, 3.8) is 0 Å². The lowest BCUT2D eigenvalue weighted by atomic mass is 10.1. The molecule has 0 unspecified atom stereocenters. The molecule has 4 aromatic heterocycles. The average molecular weight is 381 g/mol. The van der Waals surface area contributed by atoms with Crippen molar-refractivity contribution < 1.29 is 0 Å². The fraction of sp³-hybridized carbons (Fsp3) is 0. The molecule has 0 radical (unpaired) electrons. The number of imidazole rings is 1. The van der Waals surface area contributed by atoms with E-state index in [1.165, 1.54) is 6.20 Å². The predicted molar refractivity (Wildman–Crippen MR) is 104 cm³/mol. The van der Waals surface area contributed by atoms with E-state index in [0.717, 1.165) is 16.6 Å². The van der Waals surface area contributed by atoms with Gasteiger partial charge in [0.05, 0.1) is 16.9 Å². The first-order valence-corrected chi connectivity index (χ1v) is 8.63. The van der Waals surface area contributed by atoms with Crippen molar-refractivity contribution in [2.24, 2.45) is 0 Å². The Balaban J connectivity index is 2.08. The SMILES string of the molecule is O=c1c2ccccc2c2nc3ccccn3c2n1-c1cnc(Cl)c(Cl)c1. The molecular weight excluding hydrogens is 371 g/mol. The average Bonchev–Trinajstić information content (AvgIpc) is 3.04. The highest BCUT2D eigenvalue weighted by Crippen LogP contribution is 2.27. The third-order valence-electron chi connectivity index (χ3n) is 4.37. The summed E-state index contributed by atoms with van der Waals surface area (Å²) >= 11 is 12.1. The first-order chi connectivity index (χ1) is 12.6. The molecule has 5 aromatic rings. The van der Waals surface area contributed by atoms with Crippen LogP contribution in [0.3, 0.4) is 0 Å². The molecule has 1 aromatic carbocycles.